The average molecular weight is 384 g/mol. The molecule has 0 bridgehead atoms. The van der Waals surface area contributed by atoms with Crippen molar-refractivity contribution in [3.05, 3.63) is 40.5 Å². The molecule has 0 spiro atoms. The van der Waals surface area contributed by atoms with Gasteiger partial charge in [0.25, 0.3) is 0 Å². The molecule has 1 aromatic carbocycles. The number of aryl methyl sites for hydroxylation is 1. The number of benzene rings is 1. The van der Waals surface area contributed by atoms with Crippen LogP contribution in [0, 0.1) is 0 Å². The summed E-state index contributed by atoms with van der Waals surface area (Å²) in [6.45, 7) is 1.50. The molecule has 0 amide bonds. The van der Waals surface area contributed by atoms with Crippen molar-refractivity contribution in [1.29, 1.82) is 0 Å². The SMILES string of the molecule is CCc1noc(CN(C)S(=O)(=O)c2cc(C(F)(F)F)ccc2Cl)n1. The Morgan fingerprint density at radius 2 is 2.00 bits per heavy atom. The van der Waals surface area contributed by atoms with Gasteiger partial charge in [-0.05, 0) is 18.2 Å². The maximum absolute atomic E-state index is 12.8. The fourth-order valence-corrected chi connectivity index (χ4v) is 3.44. The molecule has 0 N–H and O–H groups in total. The highest BCUT2D eigenvalue weighted by molar-refractivity contribution is 7.89. The summed E-state index contributed by atoms with van der Waals surface area (Å²) < 4.78 is 69.1. The minimum Gasteiger partial charge on any atom is -0.338 e. The fourth-order valence-electron chi connectivity index (χ4n) is 1.82. The zero-order valence-electron chi connectivity index (χ0n) is 12.6. The first-order chi connectivity index (χ1) is 11.1. The van der Waals surface area contributed by atoms with Crippen molar-refractivity contribution in [2.24, 2.45) is 0 Å². The molecule has 0 saturated heterocycles. The summed E-state index contributed by atoms with van der Waals surface area (Å²) in [4.78, 5) is 3.32. The Balaban J connectivity index is 2.35. The number of rotatable bonds is 5. The first kappa shape index (κ1) is 18.7. The fraction of sp³-hybridized carbons (Fsp3) is 0.385. The van der Waals surface area contributed by atoms with E-state index >= 15 is 0 Å². The summed E-state index contributed by atoms with van der Waals surface area (Å²) >= 11 is 5.78. The van der Waals surface area contributed by atoms with Gasteiger partial charge in [0.2, 0.25) is 15.9 Å². The van der Waals surface area contributed by atoms with Gasteiger partial charge in [-0.15, -0.1) is 0 Å². The van der Waals surface area contributed by atoms with Gasteiger partial charge < -0.3 is 4.52 Å². The van der Waals surface area contributed by atoms with Crippen LogP contribution in [0.1, 0.15) is 24.2 Å². The number of halogens is 4. The molecular weight excluding hydrogens is 371 g/mol. The monoisotopic (exact) mass is 383 g/mol. The predicted molar refractivity (Wildman–Crippen MR) is 78.8 cm³/mol. The topological polar surface area (TPSA) is 76.3 Å². The van der Waals surface area contributed by atoms with E-state index in [1.54, 1.807) is 6.92 Å². The number of nitrogens with zero attached hydrogens (tertiary/aromatic N) is 3. The molecule has 0 aliphatic carbocycles. The summed E-state index contributed by atoms with van der Waals surface area (Å²) in [5.74, 6) is 0.425. The van der Waals surface area contributed by atoms with Gasteiger partial charge in [0.05, 0.1) is 17.1 Å². The molecule has 0 unspecified atom stereocenters. The van der Waals surface area contributed by atoms with E-state index in [1.807, 2.05) is 0 Å². The van der Waals surface area contributed by atoms with Gasteiger partial charge in [-0.25, -0.2) is 8.42 Å². The standard InChI is InChI=1S/C13H13ClF3N3O3S/c1-3-11-18-12(23-19-11)7-20(2)24(21,22)10-6-8(13(15,16)17)4-5-9(10)14/h4-6H,3,7H2,1-2H3. The van der Waals surface area contributed by atoms with Crippen LogP contribution < -0.4 is 0 Å². The molecule has 1 heterocycles. The van der Waals surface area contributed by atoms with E-state index in [-0.39, 0.29) is 17.5 Å². The van der Waals surface area contributed by atoms with E-state index < -0.39 is 26.7 Å². The summed E-state index contributed by atoms with van der Waals surface area (Å²) in [7, 11) is -3.09. The van der Waals surface area contributed by atoms with Gasteiger partial charge in [0, 0.05) is 13.5 Å². The number of aromatic nitrogens is 2. The number of sulfonamides is 1. The number of alkyl halides is 3. The highest BCUT2D eigenvalue weighted by Crippen LogP contribution is 2.34. The summed E-state index contributed by atoms with van der Waals surface area (Å²) in [6, 6.07) is 2.11. The normalized spacial score (nSPS) is 12.8. The van der Waals surface area contributed by atoms with Crippen LogP contribution >= 0.6 is 11.6 Å². The second-order valence-electron chi connectivity index (χ2n) is 4.86. The minimum absolute atomic E-state index is 0.0287. The molecule has 2 rings (SSSR count). The van der Waals surface area contributed by atoms with E-state index in [0.29, 0.717) is 24.4 Å². The van der Waals surface area contributed by atoms with Crippen LogP contribution in [0.4, 0.5) is 13.2 Å². The van der Waals surface area contributed by atoms with Crippen molar-refractivity contribution in [2.75, 3.05) is 7.05 Å². The maximum Gasteiger partial charge on any atom is 0.416 e. The van der Waals surface area contributed by atoms with Crippen LogP contribution in [0.3, 0.4) is 0 Å². The first-order valence-electron chi connectivity index (χ1n) is 6.70. The van der Waals surface area contributed by atoms with Crippen molar-refractivity contribution in [2.45, 2.75) is 31.0 Å². The summed E-state index contributed by atoms with van der Waals surface area (Å²) in [5.41, 5.74) is -1.11. The van der Waals surface area contributed by atoms with Crippen molar-refractivity contribution in [3.63, 3.8) is 0 Å². The predicted octanol–water partition coefficient (Wildman–Crippen LogP) is 3.12. The molecule has 0 atom stereocenters. The van der Waals surface area contributed by atoms with Crippen LogP contribution in [0.5, 0.6) is 0 Å². The molecule has 6 nitrogen and oxygen atoms in total. The van der Waals surface area contributed by atoms with Gasteiger partial charge in [0.1, 0.15) is 4.90 Å². The van der Waals surface area contributed by atoms with E-state index in [0.717, 1.165) is 10.4 Å². The van der Waals surface area contributed by atoms with Crippen LogP contribution in [0.25, 0.3) is 0 Å². The Morgan fingerprint density at radius 3 is 2.54 bits per heavy atom. The molecular formula is C13H13ClF3N3O3S. The lowest BCUT2D eigenvalue weighted by Crippen LogP contribution is -2.27. The molecule has 1 aromatic heterocycles. The van der Waals surface area contributed by atoms with Gasteiger partial charge in [0.15, 0.2) is 5.82 Å². The summed E-state index contributed by atoms with van der Waals surface area (Å²) in [5, 5.41) is 3.31. The zero-order chi connectivity index (χ0) is 18.1. The second kappa shape index (κ2) is 6.69. The Labute approximate surface area is 141 Å². The molecule has 11 heteroatoms. The van der Waals surface area contributed by atoms with Gasteiger partial charge in [-0.2, -0.15) is 22.5 Å². The third-order valence-corrected chi connectivity index (χ3v) is 5.42. The Morgan fingerprint density at radius 1 is 1.33 bits per heavy atom. The lowest BCUT2D eigenvalue weighted by Gasteiger charge is -2.17. The van der Waals surface area contributed by atoms with Crippen LogP contribution in [-0.4, -0.2) is 29.9 Å². The molecule has 0 fully saturated rings. The third kappa shape index (κ3) is 3.87. The molecule has 132 valence electrons. The Bertz CT molecular complexity index is 836. The Kier molecular flexibility index (Phi) is 5.21. The molecule has 24 heavy (non-hydrogen) atoms. The third-order valence-electron chi connectivity index (χ3n) is 3.13. The van der Waals surface area contributed by atoms with E-state index in [9.17, 15) is 21.6 Å². The highest BCUT2D eigenvalue weighted by Gasteiger charge is 2.34. The first-order valence-corrected chi connectivity index (χ1v) is 8.52. The van der Waals surface area contributed by atoms with Gasteiger partial charge in [-0.1, -0.05) is 23.7 Å². The van der Waals surface area contributed by atoms with Crippen LogP contribution in [-0.2, 0) is 29.2 Å². The molecule has 0 aliphatic heterocycles. The average Bonchev–Trinajstić information content (AvgIpc) is 2.93. The number of hydrogen-bond donors (Lipinski definition) is 0. The van der Waals surface area contributed by atoms with Crippen LogP contribution in [0.2, 0.25) is 5.02 Å². The molecule has 0 radical (unpaired) electrons. The summed E-state index contributed by atoms with van der Waals surface area (Å²) in [6.07, 6.45) is -4.19. The van der Waals surface area contributed by atoms with Crippen LogP contribution in [0.15, 0.2) is 27.6 Å². The maximum atomic E-state index is 12.8. The largest absolute Gasteiger partial charge is 0.416 e. The van der Waals surface area contributed by atoms with Gasteiger partial charge >= 0.3 is 6.18 Å². The van der Waals surface area contributed by atoms with Crippen molar-refractivity contribution in [3.8, 4) is 0 Å². The minimum atomic E-state index is -4.68. The van der Waals surface area contributed by atoms with E-state index in [2.05, 4.69) is 10.1 Å². The zero-order valence-corrected chi connectivity index (χ0v) is 14.2. The van der Waals surface area contributed by atoms with Crippen molar-refractivity contribution in [1.82, 2.24) is 14.4 Å². The van der Waals surface area contributed by atoms with Gasteiger partial charge in [-0.3, -0.25) is 0 Å². The second-order valence-corrected chi connectivity index (χ2v) is 7.28. The lowest BCUT2D eigenvalue weighted by molar-refractivity contribution is -0.137. The molecule has 0 aliphatic rings. The molecule has 0 saturated carbocycles. The number of hydrogen-bond acceptors (Lipinski definition) is 5. The molecule has 2 aromatic rings. The lowest BCUT2D eigenvalue weighted by atomic mass is 10.2. The quantitative estimate of drug-likeness (QED) is 0.792. The van der Waals surface area contributed by atoms with E-state index in [1.165, 1.54) is 7.05 Å². The highest BCUT2D eigenvalue weighted by atomic mass is 35.5. The van der Waals surface area contributed by atoms with Crippen molar-refractivity contribution < 1.29 is 26.1 Å². The smallest absolute Gasteiger partial charge is 0.338 e. The van der Waals surface area contributed by atoms with Crippen molar-refractivity contribution >= 4 is 21.6 Å². The Hall–Kier alpha value is -1.65. The van der Waals surface area contributed by atoms with E-state index in [4.69, 9.17) is 16.1 Å².